The van der Waals surface area contributed by atoms with Crippen LogP contribution >= 0.6 is 0 Å². The molecule has 1 heterocycles. The first-order chi connectivity index (χ1) is 9.86. The molecule has 1 aliphatic heterocycles. The van der Waals surface area contributed by atoms with E-state index in [2.05, 4.69) is 0 Å². The van der Waals surface area contributed by atoms with Crippen LogP contribution in [0.1, 0.15) is 13.3 Å². The summed E-state index contributed by atoms with van der Waals surface area (Å²) in [4.78, 5) is 10.1. The van der Waals surface area contributed by atoms with E-state index in [0.717, 1.165) is 6.07 Å². The van der Waals surface area contributed by atoms with Gasteiger partial charge in [0.2, 0.25) is 10.0 Å². The van der Waals surface area contributed by atoms with Crippen LogP contribution in [0.5, 0.6) is 0 Å². The van der Waals surface area contributed by atoms with Crippen molar-refractivity contribution in [2.45, 2.75) is 24.3 Å². The van der Waals surface area contributed by atoms with Crippen molar-refractivity contribution >= 4 is 21.4 Å². The summed E-state index contributed by atoms with van der Waals surface area (Å²) in [7, 11) is -3.78. The van der Waals surface area contributed by atoms with E-state index in [1.807, 2.05) is 6.92 Å². The Kier molecular flexibility index (Phi) is 4.45. The summed E-state index contributed by atoms with van der Waals surface area (Å²) in [6.07, 6.45) is 0.547. The van der Waals surface area contributed by atoms with Crippen LogP contribution in [0.3, 0.4) is 0 Å². The van der Waals surface area contributed by atoms with Crippen molar-refractivity contribution in [2.75, 3.05) is 25.4 Å². The molecule has 2 rings (SSSR count). The predicted octanol–water partition coefficient (Wildman–Crippen LogP) is 0.977. The maximum absolute atomic E-state index is 12.5. The summed E-state index contributed by atoms with van der Waals surface area (Å²) >= 11 is 0. The molecule has 116 valence electrons. The molecule has 1 aromatic rings. The number of nitrogen functional groups attached to an aromatic ring is 1. The second-order valence-electron chi connectivity index (χ2n) is 4.74. The summed E-state index contributed by atoms with van der Waals surface area (Å²) in [5.74, 6) is 0. The molecule has 0 radical (unpaired) electrons. The van der Waals surface area contributed by atoms with E-state index in [0.29, 0.717) is 13.0 Å². The van der Waals surface area contributed by atoms with Gasteiger partial charge in [-0.1, -0.05) is 6.92 Å². The number of nitro groups is 1. The summed E-state index contributed by atoms with van der Waals surface area (Å²) in [5.41, 5.74) is 5.02. The Labute approximate surface area is 122 Å². The van der Waals surface area contributed by atoms with Gasteiger partial charge in [-0.3, -0.25) is 10.1 Å². The first-order valence-electron chi connectivity index (χ1n) is 6.52. The number of ether oxygens (including phenoxy) is 1. The smallest absolute Gasteiger partial charge is 0.293 e. The fourth-order valence-electron chi connectivity index (χ4n) is 2.15. The third-order valence-electron chi connectivity index (χ3n) is 3.39. The fourth-order valence-corrected chi connectivity index (χ4v) is 3.62. The lowest BCUT2D eigenvalue weighted by Crippen LogP contribution is -2.45. The van der Waals surface area contributed by atoms with E-state index in [9.17, 15) is 18.5 Å². The summed E-state index contributed by atoms with van der Waals surface area (Å²) in [6, 6.07) is 3.53. The highest BCUT2D eigenvalue weighted by Gasteiger charge is 2.31. The quantitative estimate of drug-likeness (QED) is 0.503. The number of nitrogens with zero attached hydrogens (tertiary/aromatic N) is 2. The highest BCUT2D eigenvalue weighted by Crippen LogP contribution is 2.27. The van der Waals surface area contributed by atoms with E-state index in [1.54, 1.807) is 0 Å². The maximum atomic E-state index is 12.5. The third-order valence-corrected chi connectivity index (χ3v) is 5.25. The number of nitro benzene ring substituents is 1. The van der Waals surface area contributed by atoms with Gasteiger partial charge in [-0.05, 0) is 18.6 Å². The van der Waals surface area contributed by atoms with Crippen molar-refractivity contribution in [1.29, 1.82) is 0 Å². The van der Waals surface area contributed by atoms with Crippen LogP contribution in [-0.4, -0.2) is 43.4 Å². The Hall–Kier alpha value is -1.71. The monoisotopic (exact) mass is 315 g/mol. The number of hydrogen-bond acceptors (Lipinski definition) is 6. The number of rotatable bonds is 4. The molecule has 1 unspecified atom stereocenters. The first-order valence-corrected chi connectivity index (χ1v) is 7.96. The topological polar surface area (TPSA) is 116 Å². The van der Waals surface area contributed by atoms with E-state index in [-0.39, 0.29) is 29.8 Å². The van der Waals surface area contributed by atoms with Gasteiger partial charge in [0.1, 0.15) is 5.69 Å². The molecule has 0 spiro atoms. The lowest BCUT2D eigenvalue weighted by Gasteiger charge is -2.31. The van der Waals surface area contributed by atoms with Gasteiger partial charge in [0, 0.05) is 19.2 Å². The molecule has 1 atom stereocenters. The molecule has 21 heavy (non-hydrogen) atoms. The minimum Gasteiger partial charge on any atom is -0.393 e. The molecule has 0 saturated carbocycles. The fraction of sp³-hybridized carbons (Fsp3) is 0.500. The van der Waals surface area contributed by atoms with Crippen LogP contribution in [0.15, 0.2) is 23.1 Å². The molecule has 1 aromatic carbocycles. The zero-order valence-corrected chi connectivity index (χ0v) is 12.4. The molecule has 8 nitrogen and oxygen atoms in total. The number of benzene rings is 1. The second-order valence-corrected chi connectivity index (χ2v) is 6.68. The van der Waals surface area contributed by atoms with Crippen molar-refractivity contribution in [1.82, 2.24) is 4.31 Å². The van der Waals surface area contributed by atoms with Crippen molar-refractivity contribution in [3.8, 4) is 0 Å². The molecule has 0 amide bonds. The Balaban J connectivity index is 2.35. The van der Waals surface area contributed by atoms with Gasteiger partial charge in [-0.25, -0.2) is 8.42 Å². The number of anilines is 1. The summed E-state index contributed by atoms with van der Waals surface area (Å²) in [6.45, 7) is 2.71. The van der Waals surface area contributed by atoms with Crippen LogP contribution in [-0.2, 0) is 14.8 Å². The number of hydrogen-bond donors (Lipinski definition) is 1. The van der Waals surface area contributed by atoms with Gasteiger partial charge in [0.15, 0.2) is 0 Å². The number of sulfonamides is 1. The maximum Gasteiger partial charge on any atom is 0.293 e. The molecule has 0 bridgehead atoms. The van der Waals surface area contributed by atoms with Gasteiger partial charge in [-0.2, -0.15) is 4.31 Å². The largest absolute Gasteiger partial charge is 0.393 e. The molecule has 1 fully saturated rings. The number of morpholine rings is 1. The molecular weight excluding hydrogens is 298 g/mol. The zero-order chi connectivity index (χ0) is 15.6. The minimum absolute atomic E-state index is 0.0626. The molecule has 0 aromatic heterocycles. The standard InChI is InChI=1S/C12H17N3O5S/c1-2-9-8-14(5-6-20-9)21(18,19)10-3-4-11(13)12(7-10)15(16)17/h3-4,7,9H,2,5-6,8,13H2,1H3. The first kappa shape index (κ1) is 15.7. The second kappa shape index (κ2) is 5.96. The summed E-state index contributed by atoms with van der Waals surface area (Å²) < 4.78 is 31.8. The van der Waals surface area contributed by atoms with Crippen molar-refractivity contribution < 1.29 is 18.1 Å². The Morgan fingerprint density at radius 3 is 2.86 bits per heavy atom. The Morgan fingerprint density at radius 2 is 2.24 bits per heavy atom. The van der Waals surface area contributed by atoms with E-state index >= 15 is 0 Å². The van der Waals surface area contributed by atoms with Crippen molar-refractivity contribution in [2.24, 2.45) is 0 Å². The van der Waals surface area contributed by atoms with Crippen LogP contribution in [0.25, 0.3) is 0 Å². The normalized spacial score (nSPS) is 20.3. The third kappa shape index (κ3) is 3.14. The lowest BCUT2D eigenvalue weighted by atomic mass is 10.2. The average molecular weight is 315 g/mol. The molecule has 1 aliphatic rings. The van der Waals surface area contributed by atoms with Crippen LogP contribution in [0.2, 0.25) is 0 Å². The molecule has 2 N–H and O–H groups in total. The van der Waals surface area contributed by atoms with Gasteiger partial charge in [0.05, 0.1) is 22.5 Å². The predicted molar refractivity (Wildman–Crippen MR) is 76.3 cm³/mol. The van der Waals surface area contributed by atoms with Gasteiger partial charge >= 0.3 is 0 Å². The highest BCUT2D eigenvalue weighted by atomic mass is 32.2. The minimum atomic E-state index is -3.78. The average Bonchev–Trinajstić information content (AvgIpc) is 2.47. The van der Waals surface area contributed by atoms with Crippen molar-refractivity contribution in [3.63, 3.8) is 0 Å². The van der Waals surface area contributed by atoms with E-state index < -0.39 is 20.6 Å². The summed E-state index contributed by atoms with van der Waals surface area (Å²) in [5, 5.41) is 10.9. The van der Waals surface area contributed by atoms with Gasteiger partial charge < -0.3 is 10.5 Å². The lowest BCUT2D eigenvalue weighted by molar-refractivity contribution is -0.384. The van der Waals surface area contributed by atoms with Crippen LogP contribution < -0.4 is 5.73 Å². The molecule has 9 heteroatoms. The van der Waals surface area contributed by atoms with Gasteiger partial charge in [-0.15, -0.1) is 0 Å². The SMILES string of the molecule is CCC1CN(S(=O)(=O)c2ccc(N)c([N+](=O)[O-])c2)CCO1. The Bertz CT molecular complexity index is 646. The van der Waals surface area contributed by atoms with Crippen molar-refractivity contribution in [3.05, 3.63) is 28.3 Å². The highest BCUT2D eigenvalue weighted by molar-refractivity contribution is 7.89. The molecule has 1 saturated heterocycles. The van der Waals surface area contributed by atoms with E-state index in [4.69, 9.17) is 10.5 Å². The van der Waals surface area contributed by atoms with Gasteiger partial charge in [0.25, 0.3) is 5.69 Å². The zero-order valence-electron chi connectivity index (χ0n) is 11.6. The molecular formula is C12H17N3O5S. The van der Waals surface area contributed by atoms with Crippen LogP contribution in [0.4, 0.5) is 11.4 Å². The Morgan fingerprint density at radius 1 is 1.52 bits per heavy atom. The number of nitrogens with two attached hydrogens (primary N) is 1. The molecule has 0 aliphatic carbocycles. The van der Waals surface area contributed by atoms with E-state index in [1.165, 1.54) is 16.4 Å². The van der Waals surface area contributed by atoms with Crippen LogP contribution in [0, 0.1) is 10.1 Å².